The maximum atomic E-state index is 13.5. The van der Waals surface area contributed by atoms with Crippen LogP contribution in [0.25, 0.3) is 0 Å². The summed E-state index contributed by atoms with van der Waals surface area (Å²) in [5.74, 6) is -0.257. The molecular formula is C25H27FN4O3. The van der Waals surface area contributed by atoms with Crippen molar-refractivity contribution in [3.05, 3.63) is 65.5 Å². The number of fused-ring (bicyclic) bond motifs is 1. The van der Waals surface area contributed by atoms with Gasteiger partial charge in [-0.05, 0) is 67.6 Å². The highest BCUT2D eigenvalue weighted by molar-refractivity contribution is 5.99. The van der Waals surface area contributed by atoms with Gasteiger partial charge in [0.1, 0.15) is 5.82 Å². The van der Waals surface area contributed by atoms with Gasteiger partial charge >= 0.3 is 6.03 Å². The second-order valence-corrected chi connectivity index (χ2v) is 8.95. The second-order valence-electron chi connectivity index (χ2n) is 8.95. The fraction of sp³-hybridized carbons (Fsp3) is 0.400. The molecule has 8 heteroatoms. The van der Waals surface area contributed by atoms with Crippen LogP contribution in [-0.4, -0.2) is 66.4 Å². The van der Waals surface area contributed by atoms with Gasteiger partial charge in [-0.2, -0.15) is 0 Å². The number of amides is 4. The Balaban J connectivity index is 1.29. The zero-order chi connectivity index (χ0) is 22.9. The minimum atomic E-state index is -0.360. The van der Waals surface area contributed by atoms with Gasteiger partial charge in [0.15, 0.2) is 0 Å². The van der Waals surface area contributed by atoms with E-state index in [4.69, 9.17) is 0 Å². The molecule has 172 valence electrons. The van der Waals surface area contributed by atoms with Crippen molar-refractivity contribution in [2.45, 2.75) is 25.3 Å². The number of likely N-dealkylation sites (tertiary alicyclic amines) is 2. The first-order chi connectivity index (χ1) is 16.0. The van der Waals surface area contributed by atoms with Crippen LogP contribution >= 0.6 is 0 Å². The Bertz CT molecular complexity index is 1070. The van der Waals surface area contributed by atoms with E-state index in [1.807, 2.05) is 21.9 Å². The Kier molecular flexibility index (Phi) is 5.74. The van der Waals surface area contributed by atoms with E-state index in [9.17, 15) is 18.8 Å². The Morgan fingerprint density at radius 2 is 1.76 bits per heavy atom. The van der Waals surface area contributed by atoms with Crippen LogP contribution in [0.4, 0.5) is 14.9 Å². The molecule has 3 aliphatic heterocycles. The topological polar surface area (TPSA) is 73.0 Å². The van der Waals surface area contributed by atoms with E-state index in [0.717, 1.165) is 24.9 Å². The highest BCUT2D eigenvalue weighted by atomic mass is 19.1. The van der Waals surface area contributed by atoms with Crippen molar-refractivity contribution in [1.82, 2.24) is 15.1 Å². The quantitative estimate of drug-likeness (QED) is 0.781. The van der Waals surface area contributed by atoms with Gasteiger partial charge in [-0.25, -0.2) is 9.18 Å². The predicted octanol–water partition coefficient (Wildman–Crippen LogP) is 3.12. The highest BCUT2D eigenvalue weighted by Gasteiger charge is 2.39. The van der Waals surface area contributed by atoms with Gasteiger partial charge in [0, 0.05) is 55.6 Å². The number of benzene rings is 2. The van der Waals surface area contributed by atoms with Crippen LogP contribution < -0.4 is 10.2 Å². The molecule has 0 spiro atoms. The minimum absolute atomic E-state index is 0.0236. The molecule has 5 rings (SSSR count). The molecular weight excluding hydrogens is 423 g/mol. The molecule has 0 aliphatic carbocycles. The van der Waals surface area contributed by atoms with E-state index in [1.165, 1.54) is 24.3 Å². The third-order valence-corrected chi connectivity index (χ3v) is 6.97. The van der Waals surface area contributed by atoms with E-state index < -0.39 is 0 Å². The fourth-order valence-corrected chi connectivity index (χ4v) is 5.31. The molecule has 0 radical (unpaired) electrons. The highest BCUT2D eigenvalue weighted by Crippen LogP contribution is 2.33. The number of piperidine rings is 2. The Labute approximate surface area is 192 Å². The molecule has 7 nitrogen and oxygen atoms in total. The number of nitrogens with zero attached hydrogens (tertiary/aromatic N) is 3. The summed E-state index contributed by atoms with van der Waals surface area (Å²) < 4.78 is 13.2. The van der Waals surface area contributed by atoms with Crippen LogP contribution in [0.3, 0.4) is 0 Å². The molecule has 1 N–H and O–H groups in total. The normalized spacial score (nSPS) is 22.7. The zero-order valence-corrected chi connectivity index (χ0v) is 18.4. The van der Waals surface area contributed by atoms with Crippen molar-refractivity contribution in [2.75, 3.05) is 37.6 Å². The number of nitrogens with one attached hydrogen (secondary N) is 1. The Morgan fingerprint density at radius 1 is 0.939 bits per heavy atom. The monoisotopic (exact) mass is 450 g/mol. The number of anilines is 1. The van der Waals surface area contributed by atoms with Crippen LogP contribution in [0.1, 0.15) is 40.0 Å². The summed E-state index contributed by atoms with van der Waals surface area (Å²) >= 11 is 0. The molecule has 0 saturated carbocycles. The van der Waals surface area contributed by atoms with Crippen LogP contribution in [-0.2, 0) is 0 Å². The van der Waals surface area contributed by atoms with Crippen LogP contribution in [0.2, 0.25) is 0 Å². The number of hydrogen-bond donors (Lipinski definition) is 1. The first-order valence-corrected chi connectivity index (χ1v) is 11.5. The van der Waals surface area contributed by atoms with Gasteiger partial charge in [0.2, 0.25) is 0 Å². The van der Waals surface area contributed by atoms with Gasteiger partial charge in [-0.15, -0.1) is 0 Å². The molecule has 2 atom stereocenters. The molecule has 0 bridgehead atoms. The van der Waals surface area contributed by atoms with Gasteiger partial charge in [-0.1, -0.05) is 6.07 Å². The summed E-state index contributed by atoms with van der Waals surface area (Å²) in [6.45, 7) is 3.04. The molecule has 0 unspecified atom stereocenters. The molecule has 3 heterocycles. The van der Waals surface area contributed by atoms with E-state index in [2.05, 4.69) is 5.32 Å². The first kappa shape index (κ1) is 21.4. The maximum Gasteiger partial charge on any atom is 0.321 e. The summed E-state index contributed by atoms with van der Waals surface area (Å²) in [6, 6.07) is 12.9. The summed E-state index contributed by atoms with van der Waals surface area (Å²) in [7, 11) is 0. The standard InChI is InChI=1S/C25H27FN4O3/c26-20-8-6-17(7-9-20)23(31)28-13-10-22-19(16-28)4-2-12-30(22)24(32)18-3-1-5-21(15-18)29-14-11-27-25(29)33/h1,3,5-9,15,19,22H,2,4,10-14,16H2,(H,27,33)/t19-,22+/m1/s1. The number of halogens is 1. The summed E-state index contributed by atoms with van der Waals surface area (Å²) in [5.41, 5.74) is 1.79. The lowest BCUT2D eigenvalue weighted by atomic mass is 9.83. The van der Waals surface area contributed by atoms with Crippen molar-refractivity contribution in [2.24, 2.45) is 5.92 Å². The van der Waals surface area contributed by atoms with Crippen LogP contribution in [0, 0.1) is 11.7 Å². The lowest BCUT2D eigenvalue weighted by Gasteiger charge is -2.47. The predicted molar refractivity (Wildman–Crippen MR) is 122 cm³/mol. The summed E-state index contributed by atoms with van der Waals surface area (Å²) in [6.07, 6.45) is 2.58. The fourth-order valence-electron chi connectivity index (χ4n) is 5.31. The maximum absolute atomic E-state index is 13.5. The number of rotatable bonds is 3. The smallest absolute Gasteiger partial charge is 0.321 e. The number of hydrogen-bond acceptors (Lipinski definition) is 3. The summed E-state index contributed by atoms with van der Waals surface area (Å²) in [4.78, 5) is 43.8. The molecule has 2 aromatic rings. The molecule has 3 fully saturated rings. The summed E-state index contributed by atoms with van der Waals surface area (Å²) in [5, 5.41) is 2.79. The van der Waals surface area contributed by atoms with Gasteiger partial charge in [-0.3, -0.25) is 14.5 Å². The van der Waals surface area contributed by atoms with Crippen molar-refractivity contribution in [3.8, 4) is 0 Å². The SMILES string of the molecule is O=C(c1ccc(F)cc1)N1CC[C@H]2[C@H](CCCN2C(=O)c2cccc(N3CCNC3=O)c2)C1. The molecule has 33 heavy (non-hydrogen) atoms. The molecule has 4 amide bonds. The first-order valence-electron chi connectivity index (χ1n) is 11.5. The van der Waals surface area contributed by atoms with E-state index in [0.29, 0.717) is 43.9 Å². The lowest BCUT2D eigenvalue weighted by molar-refractivity contribution is 0.0197. The molecule has 0 aromatic heterocycles. The third kappa shape index (κ3) is 4.17. The van der Waals surface area contributed by atoms with Gasteiger partial charge in [0.05, 0.1) is 0 Å². The van der Waals surface area contributed by atoms with Crippen molar-refractivity contribution >= 4 is 23.5 Å². The molecule has 2 aromatic carbocycles. The number of carbonyl (C=O) groups is 3. The minimum Gasteiger partial charge on any atom is -0.338 e. The lowest BCUT2D eigenvalue weighted by Crippen LogP contribution is -2.56. The average Bonchev–Trinajstić information content (AvgIpc) is 3.29. The third-order valence-electron chi connectivity index (χ3n) is 6.97. The van der Waals surface area contributed by atoms with Crippen molar-refractivity contribution in [1.29, 1.82) is 0 Å². The van der Waals surface area contributed by atoms with Gasteiger partial charge < -0.3 is 15.1 Å². The molecule has 3 saturated heterocycles. The molecule has 3 aliphatic rings. The van der Waals surface area contributed by atoms with E-state index >= 15 is 0 Å². The van der Waals surface area contributed by atoms with Crippen molar-refractivity contribution < 1.29 is 18.8 Å². The zero-order valence-electron chi connectivity index (χ0n) is 18.4. The van der Waals surface area contributed by atoms with Crippen LogP contribution in [0.15, 0.2) is 48.5 Å². The Morgan fingerprint density at radius 3 is 2.52 bits per heavy atom. The van der Waals surface area contributed by atoms with Crippen molar-refractivity contribution in [3.63, 3.8) is 0 Å². The van der Waals surface area contributed by atoms with E-state index in [1.54, 1.807) is 17.0 Å². The van der Waals surface area contributed by atoms with Crippen LogP contribution in [0.5, 0.6) is 0 Å². The Hall–Kier alpha value is -3.42. The number of urea groups is 1. The van der Waals surface area contributed by atoms with E-state index in [-0.39, 0.29) is 35.6 Å². The largest absolute Gasteiger partial charge is 0.338 e. The average molecular weight is 451 g/mol. The number of carbonyl (C=O) groups excluding carboxylic acids is 3. The van der Waals surface area contributed by atoms with Gasteiger partial charge in [0.25, 0.3) is 11.8 Å². The second kappa shape index (κ2) is 8.84.